The fraction of sp³-hybridized carbons (Fsp3) is 0.278. The van der Waals surface area contributed by atoms with Crippen molar-refractivity contribution in [3.8, 4) is 0 Å². The number of nitrogens with one attached hydrogen (secondary N) is 1. The fourth-order valence-electron chi connectivity index (χ4n) is 2.09. The minimum absolute atomic E-state index is 0.113. The van der Waals surface area contributed by atoms with Crippen molar-refractivity contribution in [1.29, 1.82) is 0 Å². The van der Waals surface area contributed by atoms with E-state index in [4.69, 9.17) is 0 Å². The molecule has 2 rings (SSSR count). The highest BCUT2D eigenvalue weighted by atomic mass is 16.1. The van der Waals surface area contributed by atoms with Crippen LogP contribution in [0.5, 0.6) is 0 Å². The van der Waals surface area contributed by atoms with Crippen molar-refractivity contribution in [2.75, 3.05) is 11.9 Å². The van der Waals surface area contributed by atoms with Gasteiger partial charge in [-0.1, -0.05) is 50.2 Å². The van der Waals surface area contributed by atoms with Gasteiger partial charge >= 0.3 is 0 Å². The van der Waals surface area contributed by atoms with Crippen LogP contribution in [-0.2, 0) is 0 Å². The molecule has 0 saturated carbocycles. The smallest absolute Gasteiger partial charge is 0.181 e. The van der Waals surface area contributed by atoms with Crippen LogP contribution < -0.4 is 5.32 Å². The van der Waals surface area contributed by atoms with Crippen LogP contribution in [0.2, 0.25) is 0 Å². The van der Waals surface area contributed by atoms with Gasteiger partial charge in [0, 0.05) is 11.3 Å². The number of benzene rings is 2. The van der Waals surface area contributed by atoms with Gasteiger partial charge in [0.2, 0.25) is 0 Å². The fourth-order valence-corrected chi connectivity index (χ4v) is 2.09. The summed E-state index contributed by atoms with van der Waals surface area (Å²) in [4.78, 5) is 12.1. The molecular formula is C18H21NO. The van der Waals surface area contributed by atoms with Crippen molar-refractivity contribution in [3.63, 3.8) is 0 Å². The van der Waals surface area contributed by atoms with Crippen LogP contribution in [-0.4, -0.2) is 12.3 Å². The summed E-state index contributed by atoms with van der Waals surface area (Å²) >= 11 is 0. The van der Waals surface area contributed by atoms with Gasteiger partial charge in [0.25, 0.3) is 0 Å². The van der Waals surface area contributed by atoms with Gasteiger partial charge in [0.1, 0.15) is 0 Å². The number of aryl methyl sites for hydroxylation is 1. The van der Waals surface area contributed by atoms with Crippen molar-refractivity contribution < 1.29 is 4.79 Å². The lowest BCUT2D eigenvalue weighted by atomic mass is 10.0. The molecule has 2 nitrogen and oxygen atoms in total. The second-order valence-corrected chi connectivity index (χ2v) is 5.42. The Balaban J connectivity index is 1.98. The van der Waals surface area contributed by atoms with Gasteiger partial charge in [-0.15, -0.1) is 0 Å². The van der Waals surface area contributed by atoms with E-state index >= 15 is 0 Å². The first-order valence-electron chi connectivity index (χ1n) is 7.00. The van der Waals surface area contributed by atoms with Crippen molar-refractivity contribution in [2.24, 2.45) is 0 Å². The van der Waals surface area contributed by atoms with Crippen LogP contribution in [0.15, 0.2) is 48.5 Å². The first-order chi connectivity index (χ1) is 9.56. The number of anilines is 1. The molecule has 0 aliphatic rings. The van der Waals surface area contributed by atoms with Gasteiger partial charge in [0.05, 0.1) is 6.54 Å². The van der Waals surface area contributed by atoms with Crippen molar-refractivity contribution >= 4 is 11.5 Å². The third kappa shape index (κ3) is 3.70. The summed E-state index contributed by atoms with van der Waals surface area (Å²) in [6.07, 6.45) is 0. The maximum atomic E-state index is 12.1. The molecule has 0 radical (unpaired) electrons. The summed E-state index contributed by atoms with van der Waals surface area (Å²) in [5.41, 5.74) is 4.18. The van der Waals surface area contributed by atoms with Crippen LogP contribution in [0.4, 0.5) is 5.69 Å². The first kappa shape index (κ1) is 14.3. The standard InChI is InChI=1S/C18H21NO/c1-13(2)15-7-9-16(10-8-15)18(20)12-19-17-6-4-5-14(3)11-17/h4-11,13,19H,12H2,1-3H3. The topological polar surface area (TPSA) is 29.1 Å². The van der Waals surface area contributed by atoms with E-state index in [1.807, 2.05) is 55.5 Å². The minimum atomic E-state index is 0.113. The Hall–Kier alpha value is -2.09. The molecule has 0 unspecified atom stereocenters. The van der Waals surface area contributed by atoms with E-state index in [1.165, 1.54) is 11.1 Å². The molecule has 1 N–H and O–H groups in total. The second-order valence-electron chi connectivity index (χ2n) is 5.42. The van der Waals surface area contributed by atoms with Crippen LogP contribution in [0.3, 0.4) is 0 Å². The Labute approximate surface area is 120 Å². The van der Waals surface area contributed by atoms with Gasteiger partial charge in [-0.3, -0.25) is 4.79 Å². The molecule has 0 heterocycles. The van der Waals surface area contributed by atoms with E-state index in [2.05, 4.69) is 19.2 Å². The Kier molecular flexibility index (Phi) is 4.57. The summed E-state index contributed by atoms with van der Waals surface area (Å²) in [7, 11) is 0. The Morgan fingerprint density at radius 3 is 2.40 bits per heavy atom. The zero-order valence-corrected chi connectivity index (χ0v) is 12.3. The average Bonchev–Trinajstić information content (AvgIpc) is 2.45. The largest absolute Gasteiger partial charge is 0.378 e. The van der Waals surface area contributed by atoms with Crippen LogP contribution in [0, 0.1) is 6.92 Å². The summed E-state index contributed by atoms with van der Waals surface area (Å²) in [6.45, 7) is 6.66. The van der Waals surface area contributed by atoms with Gasteiger partial charge in [0.15, 0.2) is 5.78 Å². The molecule has 0 amide bonds. The van der Waals surface area contributed by atoms with Crippen molar-refractivity contribution in [1.82, 2.24) is 0 Å². The van der Waals surface area contributed by atoms with Gasteiger partial charge in [-0.2, -0.15) is 0 Å². The lowest BCUT2D eigenvalue weighted by Crippen LogP contribution is -2.14. The monoisotopic (exact) mass is 267 g/mol. The maximum Gasteiger partial charge on any atom is 0.181 e. The van der Waals surface area contributed by atoms with Gasteiger partial charge in [-0.05, 0) is 36.1 Å². The third-order valence-corrected chi connectivity index (χ3v) is 3.37. The van der Waals surface area contributed by atoms with Crippen LogP contribution in [0.1, 0.15) is 41.3 Å². The molecule has 20 heavy (non-hydrogen) atoms. The first-order valence-corrected chi connectivity index (χ1v) is 7.00. The number of ketones is 1. The predicted octanol–water partition coefficient (Wildman–Crippen LogP) is 4.41. The summed E-state index contributed by atoms with van der Waals surface area (Å²) in [5.74, 6) is 0.603. The molecule has 2 heteroatoms. The van der Waals surface area contributed by atoms with Crippen molar-refractivity contribution in [3.05, 3.63) is 65.2 Å². The third-order valence-electron chi connectivity index (χ3n) is 3.37. The highest BCUT2D eigenvalue weighted by Gasteiger charge is 2.06. The number of carbonyl (C=O) groups is 1. The van der Waals surface area contributed by atoms with Crippen molar-refractivity contribution in [2.45, 2.75) is 26.7 Å². The van der Waals surface area contributed by atoms with E-state index < -0.39 is 0 Å². The van der Waals surface area contributed by atoms with E-state index in [9.17, 15) is 4.79 Å². The number of rotatable bonds is 5. The molecule has 0 bridgehead atoms. The average molecular weight is 267 g/mol. The summed E-state index contributed by atoms with van der Waals surface area (Å²) in [6, 6.07) is 15.9. The second kappa shape index (κ2) is 6.38. The lowest BCUT2D eigenvalue weighted by molar-refractivity contribution is 0.101. The molecule has 2 aromatic rings. The van der Waals surface area contributed by atoms with E-state index in [-0.39, 0.29) is 5.78 Å². The van der Waals surface area contributed by atoms with Crippen LogP contribution >= 0.6 is 0 Å². The molecule has 0 aliphatic carbocycles. The summed E-state index contributed by atoms with van der Waals surface area (Å²) in [5, 5.41) is 3.17. The zero-order chi connectivity index (χ0) is 14.5. The lowest BCUT2D eigenvalue weighted by Gasteiger charge is -2.08. The summed E-state index contributed by atoms with van der Waals surface area (Å²) < 4.78 is 0. The molecule has 2 aromatic carbocycles. The molecular weight excluding hydrogens is 246 g/mol. The molecule has 104 valence electrons. The van der Waals surface area contributed by atoms with Gasteiger partial charge < -0.3 is 5.32 Å². The molecule has 0 aliphatic heterocycles. The van der Waals surface area contributed by atoms with Crippen LogP contribution in [0.25, 0.3) is 0 Å². The molecule has 0 spiro atoms. The normalized spacial score (nSPS) is 10.6. The number of hydrogen-bond acceptors (Lipinski definition) is 2. The molecule has 0 atom stereocenters. The molecule has 0 aromatic heterocycles. The van der Waals surface area contributed by atoms with Gasteiger partial charge in [-0.25, -0.2) is 0 Å². The highest BCUT2D eigenvalue weighted by Crippen LogP contribution is 2.15. The van der Waals surface area contributed by atoms with E-state index in [0.29, 0.717) is 12.5 Å². The highest BCUT2D eigenvalue weighted by molar-refractivity contribution is 5.99. The number of Topliss-reactive ketones (excluding diaryl/α,β-unsaturated/α-hetero) is 1. The maximum absolute atomic E-state index is 12.1. The number of carbonyl (C=O) groups excluding carboxylic acids is 1. The molecule has 0 saturated heterocycles. The zero-order valence-electron chi connectivity index (χ0n) is 12.3. The quantitative estimate of drug-likeness (QED) is 0.813. The van der Waals surface area contributed by atoms with E-state index in [1.54, 1.807) is 0 Å². The SMILES string of the molecule is Cc1cccc(NCC(=O)c2ccc(C(C)C)cc2)c1. The Morgan fingerprint density at radius 1 is 1.10 bits per heavy atom. The van der Waals surface area contributed by atoms with E-state index in [0.717, 1.165) is 11.3 Å². The Bertz CT molecular complexity index is 585. The molecule has 0 fully saturated rings. The predicted molar refractivity (Wildman–Crippen MR) is 84.5 cm³/mol. The minimum Gasteiger partial charge on any atom is -0.378 e. The number of hydrogen-bond donors (Lipinski definition) is 1. The Morgan fingerprint density at radius 2 is 1.80 bits per heavy atom.